The van der Waals surface area contributed by atoms with Gasteiger partial charge < -0.3 is 20.5 Å². The van der Waals surface area contributed by atoms with E-state index < -0.39 is 6.09 Å². The Balaban J connectivity index is 0.0000122. The molecule has 0 aliphatic carbocycles. The Morgan fingerprint density at radius 1 is 0.861 bits per heavy atom. The van der Waals surface area contributed by atoms with E-state index in [2.05, 4.69) is 36.5 Å². The molecule has 1 amide bonds. The molecule has 0 fully saturated rings. The zero-order valence-corrected chi connectivity index (χ0v) is 25.2. The number of nitrogens with two attached hydrogens (primary N) is 1. The van der Waals surface area contributed by atoms with E-state index in [1.807, 2.05) is 6.07 Å². The Bertz CT molecular complexity index is 672. The summed E-state index contributed by atoms with van der Waals surface area (Å²) in [5.74, 6) is -0.101. The Morgan fingerprint density at radius 2 is 1.44 bits per heavy atom. The van der Waals surface area contributed by atoms with Crippen molar-refractivity contribution >= 4 is 36.0 Å². The average Bonchev–Trinajstić information content (AvgIpc) is 2.85. The summed E-state index contributed by atoms with van der Waals surface area (Å²) in [6.45, 7) is 6.37. The third kappa shape index (κ3) is 18.0. The molecule has 0 saturated heterocycles. The highest BCUT2D eigenvalue weighted by molar-refractivity contribution is 14.0. The van der Waals surface area contributed by atoms with Crippen molar-refractivity contribution in [2.75, 3.05) is 19.8 Å². The maximum Gasteiger partial charge on any atom is 0.407 e. The van der Waals surface area contributed by atoms with E-state index in [-0.39, 0.29) is 55.1 Å². The lowest BCUT2D eigenvalue weighted by atomic mass is 9.86. The van der Waals surface area contributed by atoms with E-state index >= 15 is 0 Å². The molecule has 0 saturated carbocycles. The highest BCUT2D eigenvalue weighted by Gasteiger charge is 2.18. The molecule has 36 heavy (non-hydrogen) atoms. The van der Waals surface area contributed by atoms with Crippen molar-refractivity contribution in [3.63, 3.8) is 0 Å². The van der Waals surface area contributed by atoms with Gasteiger partial charge in [-0.05, 0) is 30.7 Å². The summed E-state index contributed by atoms with van der Waals surface area (Å²) >= 11 is 0. The fraction of sp³-hybridized carbons (Fsp3) is 0.724. The van der Waals surface area contributed by atoms with Crippen LogP contribution >= 0.6 is 24.0 Å². The molecule has 0 aliphatic rings. The van der Waals surface area contributed by atoms with Crippen LogP contribution in [0, 0.1) is 11.8 Å². The van der Waals surface area contributed by atoms with Crippen molar-refractivity contribution in [2.45, 2.75) is 104 Å². The molecule has 1 aromatic rings. The van der Waals surface area contributed by atoms with Crippen LogP contribution in [0.25, 0.3) is 0 Å². The number of esters is 1. The fourth-order valence-corrected chi connectivity index (χ4v) is 4.17. The van der Waals surface area contributed by atoms with Crippen molar-refractivity contribution in [3.05, 3.63) is 35.9 Å². The molecule has 2 unspecified atom stereocenters. The van der Waals surface area contributed by atoms with E-state index in [0.717, 1.165) is 12.8 Å². The lowest BCUT2D eigenvalue weighted by Crippen LogP contribution is -2.36. The number of carbonyl (C=O) groups is 2. The number of hydrogen-bond acceptors (Lipinski definition) is 5. The van der Waals surface area contributed by atoms with Crippen LogP contribution in [0.3, 0.4) is 0 Å². The molecule has 0 aliphatic heterocycles. The first kappa shape index (κ1) is 34.6. The molecular weight excluding hydrogens is 567 g/mol. The molecule has 1 rings (SSSR count). The van der Waals surface area contributed by atoms with Crippen molar-refractivity contribution in [1.82, 2.24) is 5.32 Å². The number of carbonyl (C=O) groups excluding carboxylic acids is 2. The topological polar surface area (TPSA) is 90.7 Å². The van der Waals surface area contributed by atoms with Gasteiger partial charge in [-0.25, -0.2) is 4.79 Å². The van der Waals surface area contributed by atoms with E-state index in [0.29, 0.717) is 18.9 Å². The number of halogens is 1. The molecule has 0 bridgehead atoms. The standard InChI is InChI=1S/C29H50N2O4.HI/c1-4-5-6-7-8-9-10-11-15-18-26(23-25-16-13-12-14-17-25)27(30)19-20-31-29(33)35-22-21-34-28(32)24(2)3;/h12-14,16-17,24,26-27H,4-11,15,18-23,30H2,1-3H3,(H,31,33);1H. The highest BCUT2D eigenvalue weighted by Crippen LogP contribution is 2.21. The minimum absolute atomic E-state index is 0. The lowest BCUT2D eigenvalue weighted by Gasteiger charge is -2.24. The van der Waals surface area contributed by atoms with Crippen LogP contribution in [0.4, 0.5) is 4.79 Å². The first-order valence-corrected chi connectivity index (χ1v) is 13.8. The molecule has 6 nitrogen and oxygen atoms in total. The van der Waals surface area contributed by atoms with E-state index in [4.69, 9.17) is 15.2 Å². The van der Waals surface area contributed by atoms with Gasteiger partial charge in [-0.15, -0.1) is 24.0 Å². The van der Waals surface area contributed by atoms with Crippen molar-refractivity contribution in [3.8, 4) is 0 Å². The summed E-state index contributed by atoms with van der Waals surface area (Å²) in [5, 5.41) is 2.77. The summed E-state index contributed by atoms with van der Waals surface area (Å²) in [6.07, 6.45) is 14.1. The van der Waals surface area contributed by atoms with Gasteiger partial charge in [0.1, 0.15) is 13.2 Å². The van der Waals surface area contributed by atoms with Crippen LogP contribution in [-0.4, -0.2) is 37.9 Å². The van der Waals surface area contributed by atoms with E-state index in [1.54, 1.807) is 13.8 Å². The zero-order valence-electron chi connectivity index (χ0n) is 22.8. The summed E-state index contributed by atoms with van der Waals surface area (Å²) in [5.41, 5.74) is 7.91. The quantitative estimate of drug-likeness (QED) is 0.0931. The van der Waals surface area contributed by atoms with Crippen molar-refractivity contribution < 1.29 is 19.1 Å². The van der Waals surface area contributed by atoms with Gasteiger partial charge in [0.05, 0.1) is 5.92 Å². The molecule has 0 spiro atoms. The van der Waals surface area contributed by atoms with Crippen LogP contribution in [-0.2, 0) is 20.7 Å². The number of ether oxygens (including phenoxy) is 2. The Labute approximate surface area is 236 Å². The summed E-state index contributed by atoms with van der Waals surface area (Å²) in [6, 6.07) is 10.5. The summed E-state index contributed by atoms with van der Waals surface area (Å²) < 4.78 is 10.1. The predicted octanol–water partition coefficient (Wildman–Crippen LogP) is 7.03. The van der Waals surface area contributed by atoms with Gasteiger partial charge in [0.25, 0.3) is 0 Å². The fourth-order valence-electron chi connectivity index (χ4n) is 4.17. The van der Waals surface area contributed by atoms with Gasteiger partial charge in [0.2, 0.25) is 0 Å². The largest absolute Gasteiger partial charge is 0.462 e. The Kier molecular flexibility index (Phi) is 22.0. The maximum atomic E-state index is 11.9. The lowest BCUT2D eigenvalue weighted by molar-refractivity contribution is -0.148. The first-order valence-electron chi connectivity index (χ1n) is 13.8. The Hall–Kier alpha value is -1.35. The normalized spacial score (nSPS) is 12.5. The van der Waals surface area contributed by atoms with Gasteiger partial charge in [-0.3, -0.25) is 4.79 Å². The number of alkyl carbamates (subject to hydrolysis) is 1. The summed E-state index contributed by atoms with van der Waals surface area (Å²) in [4.78, 5) is 23.3. The minimum Gasteiger partial charge on any atom is -0.462 e. The molecule has 2 atom stereocenters. The van der Waals surface area contributed by atoms with Crippen molar-refractivity contribution in [2.24, 2.45) is 17.6 Å². The molecule has 0 heterocycles. The zero-order chi connectivity index (χ0) is 25.7. The SMILES string of the molecule is CCCCCCCCCCCC(Cc1ccccc1)C(N)CCNC(=O)OCCOC(=O)C(C)C.I. The molecule has 0 radical (unpaired) electrons. The minimum atomic E-state index is -0.503. The monoisotopic (exact) mass is 618 g/mol. The van der Waals surface area contributed by atoms with E-state index in [9.17, 15) is 9.59 Å². The average molecular weight is 619 g/mol. The van der Waals surface area contributed by atoms with Gasteiger partial charge in [0.15, 0.2) is 0 Å². The van der Waals surface area contributed by atoms with Gasteiger partial charge in [-0.2, -0.15) is 0 Å². The van der Waals surface area contributed by atoms with Gasteiger partial charge in [-0.1, -0.05) is 109 Å². The second-order valence-corrected chi connectivity index (χ2v) is 9.90. The molecule has 208 valence electrons. The molecular formula is C29H51IN2O4. The van der Waals surface area contributed by atoms with Crippen LogP contribution in [0.5, 0.6) is 0 Å². The smallest absolute Gasteiger partial charge is 0.407 e. The third-order valence-electron chi connectivity index (χ3n) is 6.40. The predicted molar refractivity (Wildman–Crippen MR) is 159 cm³/mol. The number of amides is 1. The number of hydrogen-bond donors (Lipinski definition) is 2. The molecule has 7 heteroatoms. The second-order valence-electron chi connectivity index (χ2n) is 9.90. The number of rotatable bonds is 20. The highest BCUT2D eigenvalue weighted by atomic mass is 127. The third-order valence-corrected chi connectivity index (χ3v) is 6.40. The van der Waals surface area contributed by atoms with Gasteiger partial charge >= 0.3 is 12.1 Å². The van der Waals surface area contributed by atoms with Crippen LogP contribution in [0.15, 0.2) is 30.3 Å². The Morgan fingerprint density at radius 3 is 2.06 bits per heavy atom. The van der Waals surface area contributed by atoms with Crippen molar-refractivity contribution in [1.29, 1.82) is 0 Å². The van der Waals surface area contributed by atoms with Crippen LogP contribution in [0.2, 0.25) is 0 Å². The van der Waals surface area contributed by atoms with Gasteiger partial charge in [0, 0.05) is 12.6 Å². The van der Waals surface area contributed by atoms with Crippen LogP contribution in [0.1, 0.15) is 97.0 Å². The first-order chi connectivity index (χ1) is 16.9. The molecule has 1 aromatic carbocycles. The number of unbranched alkanes of at least 4 members (excludes halogenated alkanes) is 8. The summed E-state index contributed by atoms with van der Waals surface area (Å²) in [7, 11) is 0. The molecule has 3 N–H and O–H groups in total. The number of nitrogens with one attached hydrogen (secondary N) is 1. The maximum absolute atomic E-state index is 11.9. The number of benzene rings is 1. The van der Waals surface area contributed by atoms with E-state index in [1.165, 1.54) is 63.4 Å². The second kappa shape index (κ2) is 22.8. The molecule has 0 aromatic heterocycles. The van der Waals surface area contributed by atoms with Crippen LogP contribution < -0.4 is 11.1 Å².